The number of nitrogens with zero attached hydrogens (tertiary/aromatic N) is 7. The van der Waals surface area contributed by atoms with Gasteiger partial charge in [0.15, 0.2) is 0 Å². The van der Waals surface area contributed by atoms with Crippen molar-refractivity contribution in [1.29, 1.82) is 0 Å². The number of piperidine rings is 2. The predicted octanol–water partition coefficient (Wildman–Crippen LogP) is 8.73. The molecule has 1 aliphatic carbocycles. The van der Waals surface area contributed by atoms with Crippen molar-refractivity contribution in [2.24, 2.45) is 11.3 Å². The highest BCUT2D eigenvalue weighted by molar-refractivity contribution is 6.08. The first-order chi connectivity index (χ1) is 31.0. The summed E-state index contributed by atoms with van der Waals surface area (Å²) in [5.41, 5.74) is 14.0. The highest BCUT2D eigenvalue weighted by Crippen LogP contribution is 2.41. The van der Waals surface area contributed by atoms with Gasteiger partial charge >= 0.3 is 6.03 Å². The van der Waals surface area contributed by atoms with E-state index in [-0.39, 0.29) is 23.3 Å². The van der Waals surface area contributed by atoms with E-state index >= 15 is 0 Å². The number of benzene rings is 3. The molecule has 3 aromatic heterocycles. The lowest BCUT2D eigenvalue weighted by atomic mass is 9.87. The number of amides is 4. The Balaban J connectivity index is 0.703. The molecule has 0 radical (unpaired) electrons. The minimum Gasteiger partial charge on any atom is -0.372 e. The molecule has 4 amide bonds. The number of H-pyrrole nitrogens is 1. The summed E-state index contributed by atoms with van der Waals surface area (Å²) in [7, 11) is 0. The smallest absolute Gasteiger partial charge is 0.328 e. The number of nitrogens with one attached hydrogen (secondary N) is 2. The largest absolute Gasteiger partial charge is 0.372 e. The van der Waals surface area contributed by atoms with Gasteiger partial charge in [-0.05, 0) is 141 Å². The van der Waals surface area contributed by atoms with E-state index in [1.54, 1.807) is 11.2 Å². The maximum absolute atomic E-state index is 14.0. The number of fused-ring (bicyclic) bond motifs is 4. The van der Waals surface area contributed by atoms with Gasteiger partial charge in [-0.15, -0.1) is 0 Å². The molecule has 12 nitrogen and oxygen atoms in total. The first-order valence-electron chi connectivity index (χ1n) is 23.3. The number of carbonyl (C=O) groups excluding carboxylic acids is 3. The molecular weight excluding hydrogens is 799 g/mol. The van der Waals surface area contributed by atoms with Crippen LogP contribution in [0.2, 0.25) is 0 Å². The second-order valence-electron chi connectivity index (χ2n) is 19.6. The van der Waals surface area contributed by atoms with Crippen LogP contribution in [0.5, 0.6) is 0 Å². The molecule has 4 aliphatic heterocycles. The molecule has 64 heavy (non-hydrogen) atoms. The van der Waals surface area contributed by atoms with Gasteiger partial charge < -0.3 is 24.3 Å². The number of likely N-dealkylation sites (tertiary alicyclic amines) is 1. The van der Waals surface area contributed by atoms with Gasteiger partial charge in [0, 0.05) is 85.1 Å². The molecule has 7 heterocycles. The zero-order valence-corrected chi connectivity index (χ0v) is 37.2. The molecule has 2 N–H and O–H groups in total. The Morgan fingerprint density at radius 2 is 1.53 bits per heavy atom. The number of urea groups is 1. The van der Waals surface area contributed by atoms with E-state index in [4.69, 9.17) is 4.98 Å². The van der Waals surface area contributed by atoms with Crippen LogP contribution in [0.1, 0.15) is 84.7 Å². The molecule has 3 saturated heterocycles. The van der Waals surface area contributed by atoms with Crippen LogP contribution in [0.4, 0.5) is 21.9 Å². The monoisotopic (exact) mass is 855 g/mol. The SMILES string of the molecule is Cc1c(-c2ncnc3[nH]c(-c4ccc(C5CCN(CC6CCN(c7ccc(N8CCC(=O)NC8=O)cc7)CC6)CC5)cc4)cc23)cccc1N1CCn2c(cc3c2CC(C)(C)C3)C1=O. The van der Waals surface area contributed by atoms with Crippen LogP contribution in [-0.4, -0.2) is 88.1 Å². The minimum absolute atomic E-state index is 0.0754. The summed E-state index contributed by atoms with van der Waals surface area (Å²) < 4.78 is 2.27. The Morgan fingerprint density at radius 3 is 2.30 bits per heavy atom. The zero-order chi connectivity index (χ0) is 43.7. The van der Waals surface area contributed by atoms with Crippen LogP contribution >= 0.6 is 0 Å². The van der Waals surface area contributed by atoms with Gasteiger partial charge in [0.05, 0.1) is 5.69 Å². The van der Waals surface area contributed by atoms with Crippen LogP contribution in [-0.2, 0) is 24.2 Å². The van der Waals surface area contributed by atoms with Crippen molar-refractivity contribution < 1.29 is 14.4 Å². The van der Waals surface area contributed by atoms with Gasteiger partial charge in [0.1, 0.15) is 17.7 Å². The molecule has 0 saturated carbocycles. The van der Waals surface area contributed by atoms with E-state index in [0.717, 1.165) is 102 Å². The van der Waals surface area contributed by atoms with Gasteiger partial charge in [-0.2, -0.15) is 0 Å². The summed E-state index contributed by atoms with van der Waals surface area (Å²) >= 11 is 0. The fraction of sp³-hybridized carbons (Fsp3) is 0.404. The van der Waals surface area contributed by atoms with Crippen molar-refractivity contribution in [1.82, 2.24) is 29.7 Å². The maximum atomic E-state index is 14.0. The summed E-state index contributed by atoms with van der Waals surface area (Å²) in [4.78, 5) is 59.6. The van der Waals surface area contributed by atoms with Crippen LogP contribution in [0.3, 0.4) is 0 Å². The van der Waals surface area contributed by atoms with E-state index in [9.17, 15) is 14.4 Å². The molecular formula is C52H57N9O3. The Hall–Kier alpha value is -6.27. The summed E-state index contributed by atoms with van der Waals surface area (Å²) in [6, 6.07) is 27.5. The highest BCUT2D eigenvalue weighted by atomic mass is 16.2. The number of anilines is 3. The molecule has 6 aromatic rings. The predicted molar refractivity (Wildman–Crippen MR) is 252 cm³/mol. The molecule has 0 unspecified atom stereocenters. The molecule has 5 aliphatic rings. The van der Waals surface area contributed by atoms with E-state index in [1.165, 1.54) is 54.7 Å². The number of imide groups is 1. The van der Waals surface area contributed by atoms with Crippen LogP contribution in [0.25, 0.3) is 33.5 Å². The van der Waals surface area contributed by atoms with Gasteiger partial charge in [0.2, 0.25) is 5.91 Å². The lowest BCUT2D eigenvalue weighted by molar-refractivity contribution is -0.120. The third kappa shape index (κ3) is 7.45. The fourth-order valence-corrected chi connectivity index (χ4v) is 11.4. The molecule has 12 heteroatoms. The second-order valence-corrected chi connectivity index (χ2v) is 19.6. The van der Waals surface area contributed by atoms with Crippen molar-refractivity contribution in [3.8, 4) is 22.5 Å². The van der Waals surface area contributed by atoms with Gasteiger partial charge in [-0.1, -0.05) is 50.2 Å². The summed E-state index contributed by atoms with van der Waals surface area (Å²) in [6.07, 6.45) is 8.73. The topological polar surface area (TPSA) is 123 Å². The van der Waals surface area contributed by atoms with Gasteiger partial charge in [0.25, 0.3) is 5.91 Å². The highest BCUT2D eigenvalue weighted by Gasteiger charge is 2.37. The molecule has 0 atom stereocenters. The zero-order valence-electron chi connectivity index (χ0n) is 37.2. The average Bonchev–Trinajstić information content (AvgIpc) is 3.98. The van der Waals surface area contributed by atoms with E-state index in [2.05, 4.69) is 111 Å². The third-order valence-electron chi connectivity index (χ3n) is 14.9. The molecule has 11 rings (SSSR count). The molecule has 0 spiro atoms. The Bertz CT molecular complexity index is 2770. The van der Waals surface area contributed by atoms with Crippen LogP contribution in [0.15, 0.2) is 85.2 Å². The standard InChI is InChI=1S/C52H57N9O3/c1-33-41(5-4-6-44(33)61-26-25-60-45(50(61)63)27-38-29-52(2,3)30-46(38)60)48-42-28-43(55-49(42)54-32-53-48)37-9-7-35(8-10-37)36-17-20-57(21-18-36)31-34-15-22-58(23-16-34)39-11-13-40(14-12-39)59-24-19-47(62)56-51(59)64/h4-14,27-28,32,34,36H,15-26,29-31H2,1-3H3,(H,53,54,55)(H,56,62,64). The number of carbonyl (C=O) groups is 3. The second kappa shape index (κ2) is 16.1. The normalized spacial score (nSPS) is 19.7. The number of aromatic amines is 1. The fourth-order valence-electron chi connectivity index (χ4n) is 11.4. The van der Waals surface area contributed by atoms with Crippen LogP contribution < -0.4 is 20.0 Å². The minimum atomic E-state index is -0.342. The lowest BCUT2D eigenvalue weighted by Gasteiger charge is -2.38. The first kappa shape index (κ1) is 40.5. The van der Waals surface area contributed by atoms with Crippen molar-refractivity contribution in [3.63, 3.8) is 0 Å². The number of rotatable bonds is 8. The van der Waals surface area contributed by atoms with Crippen molar-refractivity contribution in [3.05, 3.63) is 113 Å². The molecule has 3 aromatic carbocycles. The van der Waals surface area contributed by atoms with E-state index < -0.39 is 0 Å². The number of hydrogen-bond acceptors (Lipinski definition) is 7. The quantitative estimate of drug-likeness (QED) is 0.157. The lowest BCUT2D eigenvalue weighted by Crippen LogP contribution is -2.49. The van der Waals surface area contributed by atoms with Crippen molar-refractivity contribution in [2.45, 2.75) is 78.2 Å². The Labute approximate surface area is 374 Å². The third-order valence-corrected chi connectivity index (χ3v) is 14.9. The Morgan fingerprint density at radius 1 is 0.766 bits per heavy atom. The number of aromatic nitrogens is 4. The van der Waals surface area contributed by atoms with Gasteiger partial charge in [-0.25, -0.2) is 14.8 Å². The van der Waals surface area contributed by atoms with E-state index in [0.29, 0.717) is 31.3 Å². The molecule has 328 valence electrons. The molecule has 3 fully saturated rings. The Kier molecular flexibility index (Phi) is 10.2. The number of hydrogen-bond donors (Lipinski definition) is 2. The summed E-state index contributed by atoms with van der Waals surface area (Å²) in [5, 5.41) is 3.38. The summed E-state index contributed by atoms with van der Waals surface area (Å²) in [5.74, 6) is 1.13. The van der Waals surface area contributed by atoms with Crippen molar-refractivity contribution >= 4 is 45.9 Å². The van der Waals surface area contributed by atoms with Crippen LogP contribution in [0, 0.1) is 18.3 Å². The first-order valence-corrected chi connectivity index (χ1v) is 23.3. The van der Waals surface area contributed by atoms with E-state index in [1.807, 2.05) is 23.1 Å². The maximum Gasteiger partial charge on any atom is 0.328 e. The molecule has 0 bridgehead atoms. The summed E-state index contributed by atoms with van der Waals surface area (Å²) in [6.45, 7) is 14.1. The average molecular weight is 856 g/mol. The van der Waals surface area contributed by atoms with Crippen molar-refractivity contribution in [2.75, 3.05) is 60.5 Å². The van der Waals surface area contributed by atoms with Gasteiger partial charge in [-0.3, -0.25) is 19.8 Å².